The summed E-state index contributed by atoms with van der Waals surface area (Å²) in [5, 5.41) is 0. The van der Waals surface area contributed by atoms with E-state index in [1.165, 1.54) is 24.3 Å². The summed E-state index contributed by atoms with van der Waals surface area (Å²) in [5.41, 5.74) is 2.56. The van der Waals surface area contributed by atoms with E-state index < -0.39 is 6.36 Å². The van der Waals surface area contributed by atoms with Gasteiger partial charge >= 0.3 is 6.36 Å². The monoisotopic (exact) mass is 402 g/mol. The van der Waals surface area contributed by atoms with Gasteiger partial charge in [0.25, 0.3) is 0 Å². The molecular weight excluding hydrogens is 385 g/mol. The van der Waals surface area contributed by atoms with Gasteiger partial charge in [0.15, 0.2) is 6.29 Å². The van der Waals surface area contributed by atoms with Gasteiger partial charge < -0.3 is 14.2 Å². The molecule has 0 heterocycles. The summed E-state index contributed by atoms with van der Waals surface area (Å²) in [4.78, 5) is 11.5. The fraction of sp³-hybridized carbons (Fsp3) is 0.136. The largest absolute Gasteiger partial charge is 0.573 e. The van der Waals surface area contributed by atoms with Crippen molar-refractivity contribution < 1.29 is 32.2 Å². The Morgan fingerprint density at radius 3 is 2.07 bits per heavy atom. The average molecular weight is 402 g/mol. The van der Waals surface area contributed by atoms with E-state index in [4.69, 9.17) is 9.47 Å². The summed E-state index contributed by atoms with van der Waals surface area (Å²) in [6, 6.07) is 17.8. The van der Waals surface area contributed by atoms with Gasteiger partial charge in [-0.15, -0.1) is 13.2 Å². The van der Waals surface area contributed by atoms with Crippen LogP contribution in [0.4, 0.5) is 13.2 Å². The van der Waals surface area contributed by atoms with Crippen LogP contribution in [-0.4, -0.2) is 19.8 Å². The fourth-order valence-electron chi connectivity index (χ4n) is 2.68. The van der Waals surface area contributed by atoms with E-state index in [9.17, 15) is 18.0 Å². The minimum atomic E-state index is -4.74. The van der Waals surface area contributed by atoms with E-state index in [-0.39, 0.29) is 12.4 Å². The van der Waals surface area contributed by atoms with Gasteiger partial charge in [-0.25, -0.2) is 0 Å². The Bertz CT molecular complexity index is 965. The second-order valence-electron chi connectivity index (χ2n) is 6.08. The van der Waals surface area contributed by atoms with E-state index in [1.54, 1.807) is 25.3 Å². The molecule has 3 rings (SSSR count). The van der Waals surface area contributed by atoms with Crippen molar-refractivity contribution in [2.24, 2.45) is 0 Å². The van der Waals surface area contributed by atoms with Crippen molar-refractivity contribution in [3.8, 4) is 28.4 Å². The molecule has 29 heavy (non-hydrogen) atoms. The molecule has 7 heteroatoms. The first kappa shape index (κ1) is 20.3. The molecule has 0 saturated carbocycles. The number of carbonyl (C=O) groups is 1. The molecule has 0 atom stereocenters. The zero-order valence-corrected chi connectivity index (χ0v) is 15.4. The third-order valence-corrected chi connectivity index (χ3v) is 4.11. The van der Waals surface area contributed by atoms with Crippen LogP contribution >= 0.6 is 0 Å². The molecular formula is C22H17F3O4. The standard InChI is InChI=1S/C22H17F3O4/c1-27-19-7-2-15(3-8-19)14-28-21-11-6-17(12-18(21)13-26)16-4-9-20(10-5-16)29-22(23,24)25/h2-13H,14H2,1H3. The number of halogens is 3. The van der Waals surface area contributed by atoms with Crippen LogP contribution in [0.25, 0.3) is 11.1 Å². The molecule has 0 aliphatic heterocycles. The maximum absolute atomic E-state index is 12.3. The smallest absolute Gasteiger partial charge is 0.497 e. The van der Waals surface area contributed by atoms with Gasteiger partial charge in [0.05, 0.1) is 12.7 Å². The summed E-state index contributed by atoms with van der Waals surface area (Å²) < 4.78 is 51.5. The molecule has 0 saturated heterocycles. The molecule has 0 N–H and O–H groups in total. The fourth-order valence-corrected chi connectivity index (χ4v) is 2.68. The van der Waals surface area contributed by atoms with Gasteiger partial charge in [-0.3, -0.25) is 4.79 Å². The van der Waals surface area contributed by atoms with E-state index in [2.05, 4.69) is 4.74 Å². The van der Waals surface area contributed by atoms with Crippen LogP contribution in [0.5, 0.6) is 17.2 Å². The second kappa shape index (κ2) is 8.68. The van der Waals surface area contributed by atoms with Crippen LogP contribution < -0.4 is 14.2 Å². The quantitative estimate of drug-likeness (QED) is 0.479. The van der Waals surface area contributed by atoms with Crippen LogP contribution in [0.15, 0.2) is 66.7 Å². The van der Waals surface area contributed by atoms with E-state index in [0.717, 1.165) is 11.3 Å². The van der Waals surface area contributed by atoms with Gasteiger partial charge in [-0.2, -0.15) is 0 Å². The first-order chi connectivity index (χ1) is 13.9. The van der Waals surface area contributed by atoms with Crippen molar-refractivity contribution in [2.45, 2.75) is 13.0 Å². The van der Waals surface area contributed by atoms with Crippen LogP contribution in [0.3, 0.4) is 0 Å². The number of carbonyl (C=O) groups excluding carboxylic acids is 1. The second-order valence-corrected chi connectivity index (χ2v) is 6.08. The van der Waals surface area contributed by atoms with Crippen molar-refractivity contribution in [3.63, 3.8) is 0 Å². The summed E-state index contributed by atoms with van der Waals surface area (Å²) in [5.74, 6) is 0.839. The van der Waals surface area contributed by atoms with Crippen LogP contribution in [-0.2, 0) is 6.61 Å². The molecule has 4 nitrogen and oxygen atoms in total. The molecule has 0 spiro atoms. The molecule has 0 aromatic heterocycles. The lowest BCUT2D eigenvalue weighted by molar-refractivity contribution is -0.274. The molecule has 3 aromatic carbocycles. The SMILES string of the molecule is COc1ccc(COc2ccc(-c3ccc(OC(F)(F)F)cc3)cc2C=O)cc1. The van der Waals surface area contributed by atoms with Gasteiger partial charge in [0, 0.05) is 0 Å². The minimum absolute atomic E-state index is 0.271. The Kier molecular flexibility index (Phi) is 6.07. The van der Waals surface area contributed by atoms with Crippen molar-refractivity contribution >= 4 is 6.29 Å². The zero-order chi connectivity index (χ0) is 20.9. The Morgan fingerprint density at radius 1 is 0.862 bits per heavy atom. The Morgan fingerprint density at radius 2 is 1.48 bits per heavy atom. The number of hydrogen-bond donors (Lipinski definition) is 0. The number of aldehydes is 1. The topological polar surface area (TPSA) is 44.8 Å². The lowest BCUT2D eigenvalue weighted by Gasteiger charge is -2.12. The van der Waals surface area contributed by atoms with Crippen molar-refractivity contribution in [2.75, 3.05) is 7.11 Å². The van der Waals surface area contributed by atoms with E-state index in [0.29, 0.717) is 28.7 Å². The molecule has 0 unspecified atom stereocenters. The van der Waals surface area contributed by atoms with Crippen molar-refractivity contribution in [1.29, 1.82) is 0 Å². The number of rotatable bonds is 7. The number of alkyl halides is 3. The maximum atomic E-state index is 12.3. The lowest BCUT2D eigenvalue weighted by Crippen LogP contribution is -2.16. The number of methoxy groups -OCH3 is 1. The molecule has 150 valence electrons. The molecule has 0 aliphatic rings. The molecule has 0 radical (unpaired) electrons. The van der Waals surface area contributed by atoms with Crippen molar-refractivity contribution in [3.05, 3.63) is 77.9 Å². The summed E-state index contributed by atoms with van der Waals surface area (Å²) >= 11 is 0. The summed E-state index contributed by atoms with van der Waals surface area (Å²) in [7, 11) is 1.58. The summed E-state index contributed by atoms with van der Waals surface area (Å²) in [6.45, 7) is 0.271. The predicted octanol–water partition coefficient (Wildman–Crippen LogP) is 5.65. The third kappa shape index (κ3) is 5.51. The van der Waals surface area contributed by atoms with Crippen molar-refractivity contribution in [1.82, 2.24) is 0 Å². The Balaban J connectivity index is 1.73. The minimum Gasteiger partial charge on any atom is -0.497 e. The Labute approximate surface area is 165 Å². The molecule has 0 bridgehead atoms. The zero-order valence-electron chi connectivity index (χ0n) is 15.4. The van der Waals surface area contributed by atoms with E-state index >= 15 is 0 Å². The van der Waals surface area contributed by atoms with Crippen LogP contribution in [0, 0.1) is 0 Å². The van der Waals surface area contributed by atoms with Crippen LogP contribution in [0.1, 0.15) is 15.9 Å². The maximum Gasteiger partial charge on any atom is 0.573 e. The lowest BCUT2D eigenvalue weighted by atomic mass is 10.0. The normalized spacial score (nSPS) is 11.0. The van der Waals surface area contributed by atoms with Crippen LogP contribution in [0.2, 0.25) is 0 Å². The third-order valence-electron chi connectivity index (χ3n) is 4.11. The Hall–Kier alpha value is -3.48. The highest BCUT2D eigenvalue weighted by Gasteiger charge is 2.30. The molecule has 0 amide bonds. The average Bonchev–Trinajstić information content (AvgIpc) is 2.72. The number of benzene rings is 3. The number of hydrogen-bond acceptors (Lipinski definition) is 4. The summed E-state index contributed by atoms with van der Waals surface area (Å²) in [6.07, 6.45) is -4.07. The number of ether oxygens (including phenoxy) is 3. The van der Waals surface area contributed by atoms with E-state index in [1.807, 2.05) is 24.3 Å². The molecule has 3 aromatic rings. The van der Waals surface area contributed by atoms with Gasteiger partial charge in [-0.1, -0.05) is 30.3 Å². The molecule has 0 aliphatic carbocycles. The predicted molar refractivity (Wildman–Crippen MR) is 101 cm³/mol. The van der Waals surface area contributed by atoms with Gasteiger partial charge in [-0.05, 0) is 53.1 Å². The van der Waals surface area contributed by atoms with Gasteiger partial charge in [0.2, 0.25) is 0 Å². The molecule has 0 fully saturated rings. The highest BCUT2D eigenvalue weighted by Crippen LogP contribution is 2.29. The first-order valence-electron chi connectivity index (χ1n) is 8.59. The first-order valence-corrected chi connectivity index (χ1v) is 8.59. The van der Waals surface area contributed by atoms with Gasteiger partial charge in [0.1, 0.15) is 23.9 Å². The highest BCUT2D eigenvalue weighted by atomic mass is 19.4. The highest BCUT2D eigenvalue weighted by molar-refractivity contribution is 5.83.